The summed E-state index contributed by atoms with van der Waals surface area (Å²) in [5, 5.41) is 10.0. The van der Waals surface area contributed by atoms with Crippen molar-refractivity contribution in [1.29, 1.82) is 0 Å². The predicted octanol–water partition coefficient (Wildman–Crippen LogP) is 6.74. The summed E-state index contributed by atoms with van der Waals surface area (Å²) >= 11 is 0. The monoisotopic (exact) mass is 511 g/mol. The third-order valence-corrected chi connectivity index (χ3v) is 5.75. The number of hydrogen-bond donors (Lipinski definition) is 2. The van der Waals surface area contributed by atoms with Crippen molar-refractivity contribution in [3.05, 3.63) is 120 Å². The van der Waals surface area contributed by atoms with Crippen LogP contribution in [-0.2, 0) is 6.61 Å². The van der Waals surface area contributed by atoms with E-state index in [0.29, 0.717) is 17.1 Å². The van der Waals surface area contributed by atoms with Gasteiger partial charge in [-0.05, 0) is 72.6 Å². The molecule has 0 radical (unpaired) electrons. The van der Waals surface area contributed by atoms with Crippen LogP contribution in [0.1, 0.15) is 11.1 Å². The molecule has 0 saturated heterocycles. The summed E-state index contributed by atoms with van der Waals surface area (Å²) in [5.41, 5.74) is 3.78. The van der Waals surface area contributed by atoms with Gasteiger partial charge in [-0.1, -0.05) is 42.5 Å². The Balaban J connectivity index is 1.37. The maximum Gasteiger partial charge on any atom is 0.336 e. The predicted molar refractivity (Wildman–Crippen MR) is 141 cm³/mol. The van der Waals surface area contributed by atoms with E-state index in [0.717, 1.165) is 11.1 Å². The van der Waals surface area contributed by atoms with Crippen molar-refractivity contribution in [2.45, 2.75) is 13.5 Å². The molecule has 0 saturated carbocycles. The first kappa shape index (κ1) is 24.6. The molecule has 0 aliphatic heterocycles. The summed E-state index contributed by atoms with van der Waals surface area (Å²) in [4.78, 5) is 16.9. The summed E-state index contributed by atoms with van der Waals surface area (Å²) in [7, 11) is 0. The van der Waals surface area contributed by atoms with E-state index in [2.05, 4.69) is 20.7 Å². The van der Waals surface area contributed by atoms with Crippen LogP contribution in [0.3, 0.4) is 0 Å². The fraction of sp³-hybridized carbons (Fsp3) is 0.0690. The highest BCUT2D eigenvalue weighted by Crippen LogP contribution is 2.27. The average molecular weight is 512 g/mol. The molecule has 2 N–H and O–H groups in total. The lowest BCUT2D eigenvalue weighted by atomic mass is 10.2. The van der Waals surface area contributed by atoms with E-state index in [4.69, 9.17) is 4.74 Å². The Morgan fingerprint density at radius 1 is 0.868 bits per heavy atom. The number of anilines is 2. The Bertz CT molecular complexity index is 1570. The number of aryl methyl sites for hydroxylation is 1. The first-order valence-corrected chi connectivity index (χ1v) is 11.8. The van der Waals surface area contributed by atoms with Gasteiger partial charge in [0.25, 0.3) is 0 Å². The number of hydrogen-bond acceptors (Lipinski definition) is 4. The molecule has 5 aromatic rings. The SMILES string of the molecule is Cc1ccccc1NC(=O)Nc1ccc(-n2nc(OCc3ccc(F)cc3)nc2-c2ccccc2F)cc1. The number of halogens is 2. The number of aromatic nitrogens is 3. The van der Waals surface area contributed by atoms with Crippen LogP contribution in [0.5, 0.6) is 6.01 Å². The molecule has 0 spiro atoms. The fourth-order valence-electron chi connectivity index (χ4n) is 3.76. The van der Waals surface area contributed by atoms with E-state index in [9.17, 15) is 13.6 Å². The van der Waals surface area contributed by atoms with E-state index in [1.807, 2.05) is 31.2 Å². The number of urea groups is 1. The molecule has 1 aromatic heterocycles. The molecule has 7 nitrogen and oxygen atoms in total. The Kier molecular flexibility index (Phi) is 7.08. The van der Waals surface area contributed by atoms with Gasteiger partial charge in [-0.3, -0.25) is 0 Å². The van der Waals surface area contributed by atoms with Crippen LogP contribution < -0.4 is 15.4 Å². The number of amides is 2. The summed E-state index contributed by atoms with van der Waals surface area (Å²) in [5.74, 6) is -0.559. The normalized spacial score (nSPS) is 10.7. The average Bonchev–Trinajstić information content (AvgIpc) is 3.34. The molecule has 0 aliphatic rings. The van der Waals surface area contributed by atoms with Crippen molar-refractivity contribution in [3.8, 4) is 23.1 Å². The summed E-state index contributed by atoms with van der Waals surface area (Å²) in [6.07, 6.45) is 0. The highest BCUT2D eigenvalue weighted by atomic mass is 19.1. The smallest absolute Gasteiger partial charge is 0.336 e. The maximum absolute atomic E-state index is 14.7. The van der Waals surface area contributed by atoms with Crippen LogP contribution in [0, 0.1) is 18.6 Å². The second kappa shape index (κ2) is 10.9. The molecular weight excluding hydrogens is 488 g/mol. The summed E-state index contributed by atoms with van der Waals surface area (Å²) in [6.45, 7) is 2.02. The molecule has 0 bridgehead atoms. The number of nitrogens with zero attached hydrogens (tertiary/aromatic N) is 3. The first-order valence-electron chi connectivity index (χ1n) is 11.8. The van der Waals surface area contributed by atoms with Gasteiger partial charge in [0.1, 0.15) is 18.2 Å². The Morgan fingerprint density at radius 2 is 1.58 bits per heavy atom. The van der Waals surface area contributed by atoms with Crippen LogP contribution in [0.25, 0.3) is 17.1 Å². The second-order valence-electron chi connectivity index (χ2n) is 8.47. The van der Waals surface area contributed by atoms with Gasteiger partial charge in [-0.15, -0.1) is 5.10 Å². The van der Waals surface area contributed by atoms with E-state index in [-0.39, 0.29) is 35.9 Å². The van der Waals surface area contributed by atoms with Crippen LogP contribution in [0.4, 0.5) is 25.0 Å². The standard InChI is InChI=1S/C29H23F2N5O2/c1-19-6-2-5-9-26(19)33-28(37)32-22-14-16-23(17-15-22)36-27(24-7-3-4-8-25(24)31)34-29(35-36)38-18-20-10-12-21(30)13-11-20/h2-17H,18H2,1H3,(H2,32,33,37). The van der Waals surface area contributed by atoms with E-state index in [1.165, 1.54) is 22.9 Å². The summed E-state index contributed by atoms with van der Waals surface area (Å²) < 4.78 is 35.1. The van der Waals surface area contributed by atoms with E-state index >= 15 is 0 Å². The number of nitrogens with one attached hydrogen (secondary N) is 2. The van der Waals surface area contributed by atoms with Crippen LogP contribution in [0.2, 0.25) is 0 Å². The second-order valence-corrected chi connectivity index (χ2v) is 8.47. The van der Waals surface area contributed by atoms with Crippen molar-refractivity contribution in [2.24, 2.45) is 0 Å². The van der Waals surface area contributed by atoms with Gasteiger partial charge in [0.2, 0.25) is 0 Å². The van der Waals surface area contributed by atoms with Crippen molar-refractivity contribution < 1.29 is 18.3 Å². The number of benzene rings is 4. The minimum atomic E-state index is -0.461. The summed E-state index contributed by atoms with van der Waals surface area (Å²) in [6, 6.07) is 26.1. The largest absolute Gasteiger partial charge is 0.457 e. The van der Waals surface area contributed by atoms with E-state index < -0.39 is 5.82 Å². The highest BCUT2D eigenvalue weighted by molar-refractivity contribution is 6.00. The molecule has 0 aliphatic carbocycles. The van der Waals surface area contributed by atoms with Gasteiger partial charge in [0.15, 0.2) is 5.82 Å². The fourth-order valence-corrected chi connectivity index (χ4v) is 3.76. The number of ether oxygens (including phenoxy) is 1. The lowest BCUT2D eigenvalue weighted by molar-refractivity contribution is 0.262. The molecule has 0 atom stereocenters. The third kappa shape index (κ3) is 5.67. The number of rotatable bonds is 7. The van der Waals surface area contributed by atoms with Gasteiger partial charge in [-0.25, -0.2) is 18.3 Å². The van der Waals surface area contributed by atoms with Gasteiger partial charge in [0.05, 0.1) is 11.3 Å². The maximum atomic E-state index is 14.7. The molecule has 38 heavy (non-hydrogen) atoms. The minimum Gasteiger partial charge on any atom is -0.457 e. The minimum absolute atomic E-state index is 0.0346. The highest BCUT2D eigenvalue weighted by Gasteiger charge is 2.18. The van der Waals surface area contributed by atoms with Crippen molar-refractivity contribution >= 4 is 17.4 Å². The quantitative estimate of drug-likeness (QED) is 0.253. The van der Waals surface area contributed by atoms with E-state index in [1.54, 1.807) is 54.6 Å². The number of para-hydroxylation sites is 1. The molecule has 0 fully saturated rings. The van der Waals surface area contributed by atoms with Crippen LogP contribution in [-0.4, -0.2) is 20.8 Å². The van der Waals surface area contributed by atoms with Crippen LogP contribution in [0.15, 0.2) is 97.1 Å². The molecule has 5 rings (SSSR count). The zero-order valence-electron chi connectivity index (χ0n) is 20.4. The number of carbonyl (C=O) groups is 1. The zero-order chi connectivity index (χ0) is 26.5. The third-order valence-electron chi connectivity index (χ3n) is 5.75. The Labute approximate surface area is 217 Å². The van der Waals surface area contributed by atoms with Gasteiger partial charge >= 0.3 is 12.0 Å². The molecule has 2 amide bonds. The first-order chi connectivity index (χ1) is 18.5. The van der Waals surface area contributed by atoms with Crippen molar-refractivity contribution in [3.63, 3.8) is 0 Å². The molecule has 0 unspecified atom stereocenters. The molecular formula is C29H23F2N5O2. The zero-order valence-corrected chi connectivity index (χ0v) is 20.4. The van der Waals surface area contributed by atoms with Gasteiger partial charge in [0, 0.05) is 11.4 Å². The molecule has 1 heterocycles. The topological polar surface area (TPSA) is 81.1 Å². The van der Waals surface area contributed by atoms with Crippen LogP contribution >= 0.6 is 0 Å². The number of carbonyl (C=O) groups excluding carboxylic acids is 1. The van der Waals surface area contributed by atoms with Gasteiger partial charge in [-0.2, -0.15) is 4.98 Å². The van der Waals surface area contributed by atoms with Gasteiger partial charge < -0.3 is 15.4 Å². The Hall–Kier alpha value is -5.05. The van der Waals surface area contributed by atoms with Crippen molar-refractivity contribution in [1.82, 2.24) is 14.8 Å². The van der Waals surface area contributed by atoms with Crippen molar-refractivity contribution in [2.75, 3.05) is 10.6 Å². The Morgan fingerprint density at radius 3 is 2.32 bits per heavy atom. The lowest BCUT2D eigenvalue weighted by Gasteiger charge is -2.11. The molecule has 190 valence electrons. The lowest BCUT2D eigenvalue weighted by Crippen LogP contribution is -2.19. The molecule has 4 aromatic carbocycles. The molecule has 9 heteroatoms.